The molecule has 0 radical (unpaired) electrons. The SMILES string of the molecule is O=C(O)C1=CCc2ccccc2O1. The number of hydrogen-bond acceptors (Lipinski definition) is 2. The molecule has 0 fully saturated rings. The number of carboxylic acids is 1. The number of fused-ring (bicyclic) bond motifs is 1. The number of benzene rings is 1. The number of allylic oxidation sites excluding steroid dienone is 1. The number of aliphatic carboxylic acids is 1. The smallest absolute Gasteiger partial charge is 0.371 e. The van der Waals surface area contributed by atoms with Gasteiger partial charge >= 0.3 is 5.97 Å². The number of rotatable bonds is 1. The molecule has 1 aliphatic rings. The lowest BCUT2D eigenvalue weighted by molar-refractivity contribution is -0.135. The molecule has 0 aromatic heterocycles. The van der Waals surface area contributed by atoms with Gasteiger partial charge in [-0.15, -0.1) is 0 Å². The molecular formula is C10H8O3. The highest BCUT2D eigenvalue weighted by Crippen LogP contribution is 2.25. The molecule has 0 atom stereocenters. The highest BCUT2D eigenvalue weighted by atomic mass is 16.5. The van der Waals surface area contributed by atoms with Crippen molar-refractivity contribution in [2.75, 3.05) is 0 Å². The quantitative estimate of drug-likeness (QED) is 0.706. The van der Waals surface area contributed by atoms with E-state index in [2.05, 4.69) is 0 Å². The summed E-state index contributed by atoms with van der Waals surface area (Å²) in [6.45, 7) is 0. The van der Waals surface area contributed by atoms with Crippen LogP contribution in [-0.2, 0) is 11.2 Å². The molecule has 66 valence electrons. The van der Waals surface area contributed by atoms with Crippen LogP contribution in [0.1, 0.15) is 5.56 Å². The first kappa shape index (κ1) is 7.86. The highest BCUT2D eigenvalue weighted by molar-refractivity contribution is 5.85. The maximum Gasteiger partial charge on any atom is 0.371 e. The summed E-state index contributed by atoms with van der Waals surface area (Å²) in [5, 5.41) is 8.67. The lowest BCUT2D eigenvalue weighted by Crippen LogP contribution is -2.12. The van der Waals surface area contributed by atoms with Gasteiger partial charge in [0.15, 0.2) is 0 Å². The molecule has 2 rings (SSSR count). The Labute approximate surface area is 75.3 Å². The molecule has 3 nitrogen and oxygen atoms in total. The van der Waals surface area contributed by atoms with E-state index in [1.54, 1.807) is 12.1 Å². The van der Waals surface area contributed by atoms with Gasteiger partial charge in [-0.05, 0) is 24.1 Å². The van der Waals surface area contributed by atoms with Gasteiger partial charge in [0.25, 0.3) is 0 Å². The molecule has 1 aliphatic heterocycles. The zero-order valence-electron chi connectivity index (χ0n) is 6.86. The largest absolute Gasteiger partial charge is 0.475 e. The second-order valence-electron chi connectivity index (χ2n) is 2.79. The maximum atomic E-state index is 10.6. The van der Waals surface area contributed by atoms with Gasteiger partial charge in [-0.3, -0.25) is 0 Å². The van der Waals surface area contributed by atoms with Crippen molar-refractivity contribution in [2.24, 2.45) is 0 Å². The van der Waals surface area contributed by atoms with E-state index >= 15 is 0 Å². The Morgan fingerprint density at radius 3 is 2.92 bits per heavy atom. The van der Waals surface area contributed by atoms with E-state index < -0.39 is 5.97 Å². The predicted octanol–water partition coefficient (Wildman–Crippen LogP) is 1.59. The van der Waals surface area contributed by atoms with Crippen LogP contribution >= 0.6 is 0 Å². The Kier molecular flexibility index (Phi) is 1.77. The summed E-state index contributed by atoms with van der Waals surface area (Å²) in [6, 6.07) is 7.42. The van der Waals surface area contributed by atoms with Crippen molar-refractivity contribution in [1.29, 1.82) is 0 Å². The monoisotopic (exact) mass is 176 g/mol. The van der Waals surface area contributed by atoms with Crippen molar-refractivity contribution < 1.29 is 14.6 Å². The summed E-state index contributed by atoms with van der Waals surface area (Å²) in [5.74, 6) is -0.365. The topological polar surface area (TPSA) is 46.5 Å². The molecule has 0 amide bonds. The van der Waals surface area contributed by atoms with Crippen LogP contribution in [0.5, 0.6) is 5.75 Å². The predicted molar refractivity (Wildman–Crippen MR) is 46.5 cm³/mol. The second-order valence-corrected chi connectivity index (χ2v) is 2.79. The van der Waals surface area contributed by atoms with Gasteiger partial charge in [0.1, 0.15) is 5.75 Å². The fraction of sp³-hybridized carbons (Fsp3) is 0.100. The normalized spacial score (nSPS) is 14.0. The minimum atomic E-state index is -1.02. The third-order valence-electron chi connectivity index (χ3n) is 1.91. The Hall–Kier alpha value is -1.77. The van der Waals surface area contributed by atoms with Crippen LogP contribution in [0.15, 0.2) is 36.1 Å². The van der Waals surface area contributed by atoms with Gasteiger partial charge in [-0.1, -0.05) is 18.2 Å². The first-order valence-electron chi connectivity index (χ1n) is 3.96. The van der Waals surface area contributed by atoms with Crippen LogP contribution in [-0.4, -0.2) is 11.1 Å². The number of hydrogen-bond donors (Lipinski definition) is 1. The van der Waals surface area contributed by atoms with Crippen molar-refractivity contribution >= 4 is 5.97 Å². The van der Waals surface area contributed by atoms with E-state index in [9.17, 15) is 4.79 Å². The van der Waals surface area contributed by atoms with Crippen LogP contribution in [0.4, 0.5) is 0 Å². The molecule has 13 heavy (non-hydrogen) atoms. The van der Waals surface area contributed by atoms with Crippen LogP contribution in [0.3, 0.4) is 0 Å². The molecule has 1 aromatic carbocycles. The van der Waals surface area contributed by atoms with Crippen LogP contribution < -0.4 is 4.74 Å². The van der Waals surface area contributed by atoms with Gasteiger partial charge in [-0.2, -0.15) is 0 Å². The van der Waals surface area contributed by atoms with Gasteiger partial charge < -0.3 is 9.84 Å². The molecule has 0 spiro atoms. The fourth-order valence-corrected chi connectivity index (χ4v) is 1.27. The zero-order valence-corrected chi connectivity index (χ0v) is 6.86. The van der Waals surface area contributed by atoms with Crippen LogP contribution in [0.2, 0.25) is 0 Å². The van der Waals surface area contributed by atoms with Crippen molar-refractivity contribution in [2.45, 2.75) is 6.42 Å². The molecule has 0 saturated heterocycles. The Balaban J connectivity index is 2.33. The molecule has 0 aliphatic carbocycles. The number of carbonyl (C=O) groups is 1. The fourth-order valence-electron chi connectivity index (χ4n) is 1.27. The molecular weight excluding hydrogens is 168 g/mol. The van der Waals surface area contributed by atoms with Crippen molar-refractivity contribution in [3.8, 4) is 5.75 Å². The Bertz CT molecular complexity index is 380. The standard InChI is InChI=1S/C10H8O3/c11-10(12)9-6-5-7-3-1-2-4-8(7)13-9/h1-4,6H,5H2,(H,11,12). The molecule has 1 aromatic rings. The number of para-hydroxylation sites is 1. The van der Waals surface area contributed by atoms with Crippen LogP contribution in [0, 0.1) is 0 Å². The van der Waals surface area contributed by atoms with Gasteiger partial charge in [-0.25, -0.2) is 4.79 Å². The van der Waals surface area contributed by atoms with Gasteiger partial charge in [0, 0.05) is 0 Å². The zero-order chi connectivity index (χ0) is 9.26. The van der Waals surface area contributed by atoms with E-state index in [4.69, 9.17) is 9.84 Å². The van der Waals surface area contributed by atoms with E-state index in [-0.39, 0.29) is 5.76 Å². The average molecular weight is 176 g/mol. The molecule has 0 saturated carbocycles. The minimum absolute atomic E-state index is 0.0127. The van der Waals surface area contributed by atoms with E-state index in [1.807, 2.05) is 18.2 Å². The number of ether oxygens (including phenoxy) is 1. The highest BCUT2D eigenvalue weighted by Gasteiger charge is 2.16. The summed E-state index contributed by atoms with van der Waals surface area (Å²) in [6.07, 6.45) is 2.20. The third-order valence-corrected chi connectivity index (χ3v) is 1.91. The Morgan fingerprint density at radius 1 is 1.38 bits per heavy atom. The summed E-state index contributed by atoms with van der Waals surface area (Å²) in [7, 11) is 0. The average Bonchev–Trinajstić information content (AvgIpc) is 2.17. The first-order chi connectivity index (χ1) is 6.27. The molecule has 0 unspecified atom stereocenters. The lowest BCUT2D eigenvalue weighted by atomic mass is 10.1. The number of carboxylic acid groups (broad SMARTS) is 1. The summed E-state index contributed by atoms with van der Waals surface area (Å²) in [4.78, 5) is 10.6. The molecule has 3 heteroatoms. The molecule has 1 heterocycles. The van der Waals surface area contributed by atoms with Crippen LogP contribution in [0.25, 0.3) is 0 Å². The minimum Gasteiger partial charge on any atom is -0.475 e. The molecule has 0 bridgehead atoms. The van der Waals surface area contributed by atoms with Crippen molar-refractivity contribution in [3.63, 3.8) is 0 Å². The third kappa shape index (κ3) is 1.40. The lowest BCUT2D eigenvalue weighted by Gasteiger charge is -2.14. The Morgan fingerprint density at radius 2 is 2.15 bits per heavy atom. The molecule has 1 N–H and O–H groups in total. The van der Waals surface area contributed by atoms with Gasteiger partial charge in [0.2, 0.25) is 5.76 Å². The summed E-state index contributed by atoms with van der Waals surface area (Å²) < 4.78 is 5.15. The first-order valence-corrected chi connectivity index (χ1v) is 3.96. The van der Waals surface area contributed by atoms with E-state index in [0.29, 0.717) is 12.2 Å². The van der Waals surface area contributed by atoms with Crippen molar-refractivity contribution in [1.82, 2.24) is 0 Å². The van der Waals surface area contributed by atoms with E-state index in [1.165, 1.54) is 0 Å². The summed E-state index contributed by atoms with van der Waals surface area (Å²) in [5.41, 5.74) is 1.02. The summed E-state index contributed by atoms with van der Waals surface area (Å²) >= 11 is 0. The maximum absolute atomic E-state index is 10.6. The van der Waals surface area contributed by atoms with E-state index in [0.717, 1.165) is 5.56 Å². The second kappa shape index (κ2) is 2.94. The van der Waals surface area contributed by atoms with Gasteiger partial charge in [0.05, 0.1) is 0 Å². The van der Waals surface area contributed by atoms with Crippen molar-refractivity contribution in [3.05, 3.63) is 41.7 Å².